The first kappa shape index (κ1) is 29.0. The number of ether oxygens (including phenoxy) is 1. The molecule has 3 saturated heterocycles. The highest BCUT2D eigenvalue weighted by Gasteiger charge is 2.79. The number of hydrogen-bond donors (Lipinski definition) is 1. The Labute approximate surface area is 232 Å². The quantitative estimate of drug-likeness (QED) is 0.326. The molecule has 3 fully saturated rings. The third-order valence-corrected chi connectivity index (χ3v) is 9.05. The maximum absolute atomic E-state index is 14.7. The zero-order valence-corrected chi connectivity index (χ0v) is 23.8. The molecular weight excluding hydrogens is 494 g/mol. The number of carbonyl (C=O) groups excluding carboxylic acids is 3. The van der Waals surface area contributed by atoms with Crippen LogP contribution < -0.4 is 4.90 Å². The van der Waals surface area contributed by atoms with Crippen molar-refractivity contribution in [3.8, 4) is 0 Å². The molecule has 3 aliphatic heterocycles. The van der Waals surface area contributed by atoms with Crippen molar-refractivity contribution in [2.45, 2.75) is 70.1 Å². The number of rotatable bonds is 12. The number of hydrogen-bond acceptors (Lipinski definition) is 5. The number of unbranched alkanes of at least 4 members (excludes halogenated alkanes) is 1. The highest BCUT2D eigenvalue weighted by molar-refractivity contribution is 6.05. The third kappa shape index (κ3) is 4.51. The minimum Gasteiger partial charge on any atom is -0.396 e. The van der Waals surface area contributed by atoms with Crippen molar-refractivity contribution in [3.63, 3.8) is 0 Å². The van der Waals surface area contributed by atoms with Gasteiger partial charge in [-0.3, -0.25) is 14.4 Å². The molecule has 1 N–H and O–H groups in total. The van der Waals surface area contributed by atoms with Gasteiger partial charge in [-0.1, -0.05) is 37.3 Å². The second-order valence-corrected chi connectivity index (χ2v) is 11.3. The molecule has 2 bridgehead atoms. The van der Waals surface area contributed by atoms with Gasteiger partial charge in [0.15, 0.2) is 0 Å². The Bertz CT molecular complexity index is 1130. The van der Waals surface area contributed by atoms with Crippen molar-refractivity contribution in [2.24, 2.45) is 11.8 Å². The Morgan fingerprint density at radius 3 is 2.38 bits per heavy atom. The van der Waals surface area contributed by atoms with E-state index in [4.69, 9.17) is 4.74 Å². The number of carbonyl (C=O) groups is 3. The second kappa shape index (κ2) is 11.3. The van der Waals surface area contributed by atoms with Crippen LogP contribution in [-0.2, 0) is 19.1 Å². The Morgan fingerprint density at radius 1 is 1.13 bits per heavy atom. The van der Waals surface area contributed by atoms with Crippen LogP contribution in [-0.4, -0.2) is 83.2 Å². The average molecular weight is 538 g/mol. The summed E-state index contributed by atoms with van der Waals surface area (Å²) in [6, 6.07) is 5.03. The van der Waals surface area contributed by atoms with Gasteiger partial charge in [-0.15, -0.1) is 13.2 Å². The van der Waals surface area contributed by atoms with Gasteiger partial charge in [0.25, 0.3) is 5.91 Å². The Hall–Kier alpha value is -2.97. The van der Waals surface area contributed by atoms with E-state index in [1.165, 1.54) is 0 Å². The van der Waals surface area contributed by atoms with Gasteiger partial charge in [0, 0.05) is 39.0 Å². The van der Waals surface area contributed by atoms with E-state index in [1.54, 1.807) is 33.9 Å². The van der Waals surface area contributed by atoms with Crippen molar-refractivity contribution < 1.29 is 24.2 Å². The van der Waals surface area contributed by atoms with Crippen molar-refractivity contribution in [1.82, 2.24) is 9.80 Å². The zero-order chi connectivity index (χ0) is 28.5. The summed E-state index contributed by atoms with van der Waals surface area (Å²) < 4.78 is 6.89. The van der Waals surface area contributed by atoms with E-state index in [9.17, 15) is 19.5 Å². The van der Waals surface area contributed by atoms with Crippen molar-refractivity contribution in [2.75, 3.05) is 38.2 Å². The molecule has 2 unspecified atom stereocenters. The molecule has 1 aromatic rings. The zero-order valence-electron chi connectivity index (χ0n) is 23.8. The monoisotopic (exact) mass is 537 g/mol. The van der Waals surface area contributed by atoms with Crippen molar-refractivity contribution >= 4 is 23.4 Å². The highest BCUT2D eigenvalue weighted by Crippen LogP contribution is 2.64. The molecule has 0 radical (unpaired) electrons. The van der Waals surface area contributed by atoms with Crippen molar-refractivity contribution in [3.05, 3.63) is 54.6 Å². The molecule has 0 aromatic heterocycles. The van der Waals surface area contributed by atoms with E-state index >= 15 is 0 Å². The van der Waals surface area contributed by atoms with E-state index in [0.29, 0.717) is 45.2 Å². The Balaban J connectivity index is 1.84. The number of aliphatic hydroxyl groups excluding tert-OH is 1. The van der Waals surface area contributed by atoms with Gasteiger partial charge in [-0.05, 0) is 57.1 Å². The fraction of sp³-hybridized carbons (Fsp3) is 0.581. The third-order valence-electron chi connectivity index (χ3n) is 9.05. The van der Waals surface area contributed by atoms with Gasteiger partial charge < -0.3 is 24.5 Å². The fourth-order valence-electron chi connectivity index (χ4n) is 7.33. The summed E-state index contributed by atoms with van der Waals surface area (Å²) in [7, 11) is 1.72. The van der Waals surface area contributed by atoms with Gasteiger partial charge in [-0.25, -0.2) is 0 Å². The Morgan fingerprint density at radius 2 is 1.79 bits per heavy atom. The molecule has 3 heterocycles. The summed E-state index contributed by atoms with van der Waals surface area (Å²) in [5, 5.41) is 9.43. The average Bonchev–Trinajstić information content (AvgIpc) is 3.51. The first-order chi connectivity index (χ1) is 18.6. The number of likely N-dealkylation sites (N-methyl/N-ethyl adjacent to an activating group) is 1. The smallest absolute Gasteiger partial charge is 0.253 e. The standard InChI is InChI=1S/C31H43N3O5/c1-7-17-32(6)27(36)23-24-28(37)34(19-10-11-20-35)26(31(24)16-15-30(23,9-3)39-31)29(38)33(18-8-2)25-21(4)13-12-14-22(25)5/h7-8,12-14,23-24,26,35H,1-2,9-11,15-20H2,3-6H3/t23-,24+,26?,30+,31?/m1/s1. The molecule has 8 nitrogen and oxygen atoms in total. The number of likely N-dealkylation sites (tertiary alicyclic amines) is 1. The number of fused-ring (bicyclic) bond motifs is 1. The maximum atomic E-state index is 14.7. The van der Waals surface area contributed by atoms with Gasteiger partial charge in [-0.2, -0.15) is 0 Å². The van der Waals surface area contributed by atoms with E-state index in [1.807, 2.05) is 39.0 Å². The summed E-state index contributed by atoms with van der Waals surface area (Å²) in [6.45, 7) is 14.6. The van der Waals surface area contributed by atoms with E-state index < -0.39 is 29.1 Å². The summed E-state index contributed by atoms with van der Waals surface area (Å²) >= 11 is 0. The number of amides is 3. The van der Waals surface area contributed by atoms with E-state index in [-0.39, 0.29) is 30.9 Å². The predicted octanol–water partition coefficient (Wildman–Crippen LogP) is 3.39. The number of aryl methyl sites for hydroxylation is 2. The lowest BCUT2D eigenvalue weighted by Crippen LogP contribution is -2.57. The van der Waals surface area contributed by atoms with Gasteiger partial charge in [0.2, 0.25) is 11.8 Å². The second-order valence-electron chi connectivity index (χ2n) is 11.3. The van der Waals surface area contributed by atoms with Crippen molar-refractivity contribution in [1.29, 1.82) is 0 Å². The van der Waals surface area contributed by atoms with E-state index in [0.717, 1.165) is 16.8 Å². The summed E-state index contributed by atoms with van der Waals surface area (Å²) in [5.74, 6) is -1.96. The molecule has 39 heavy (non-hydrogen) atoms. The normalized spacial score (nSPS) is 28.9. The van der Waals surface area contributed by atoms with Crippen LogP contribution in [0.25, 0.3) is 0 Å². The number of aliphatic hydroxyl groups is 1. The van der Waals surface area contributed by atoms with Crippen LogP contribution in [0, 0.1) is 25.7 Å². The first-order valence-corrected chi connectivity index (χ1v) is 14.1. The molecule has 1 spiro atoms. The lowest BCUT2D eigenvalue weighted by atomic mass is 9.64. The summed E-state index contributed by atoms with van der Waals surface area (Å²) in [6.07, 6.45) is 6.16. The van der Waals surface area contributed by atoms with Crippen LogP contribution in [0.1, 0.15) is 50.2 Å². The molecular formula is C31H43N3O5. The maximum Gasteiger partial charge on any atom is 0.253 e. The first-order valence-electron chi connectivity index (χ1n) is 14.1. The summed E-state index contributed by atoms with van der Waals surface area (Å²) in [4.78, 5) is 47.8. The van der Waals surface area contributed by atoms with Crippen LogP contribution in [0.2, 0.25) is 0 Å². The molecule has 4 rings (SSSR count). The number of benzene rings is 1. The lowest BCUT2D eigenvalue weighted by molar-refractivity contribution is -0.150. The highest BCUT2D eigenvalue weighted by atomic mass is 16.5. The van der Waals surface area contributed by atoms with Gasteiger partial charge >= 0.3 is 0 Å². The molecule has 5 atom stereocenters. The SMILES string of the molecule is C=CCN(C)C(=O)[C@H]1[C@H]2C(=O)N(CCCCO)C(C(=O)N(CC=C)c3c(C)cccc3C)C23CC[C@]1(CC)O3. The molecule has 0 saturated carbocycles. The number of nitrogens with zero attached hydrogens (tertiary/aromatic N) is 3. The van der Waals surface area contributed by atoms with Crippen LogP contribution in [0.5, 0.6) is 0 Å². The van der Waals surface area contributed by atoms with Crippen LogP contribution in [0.3, 0.4) is 0 Å². The summed E-state index contributed by atoms with van der Waals surface area (Å²) in [5.41, 5.74) is 0.840. The minimum atomic E-state index is -1.09. The number of para-hydroxylation sites is 1. The lowest BCUT2D eigenvalue weighted by Gasteiger charge is -2.37. The van der Waals surface area contributed by atoms with Gasteiger partial charge in [0.1, 0.15) is 11.6 Å². The molecule has 212 valence electrons. The number of anilines is 1. The largest absolute Gasteiger partial charge is 0.396 e. The molecule has 3 amide bonds. The van der Waals surface area contributed by atoms with E-state index in [2.05, 4.69) is 13.2 Å². The fourth-order valence-corrected chi connectivity index (χ4v) is 7.33. The molecule has 1 aromatic carbocycles. The molecule has 0 aliphatic carbocycles. The van der Waals surface area contributed by atoms with Crippen LogP contribution in [0.15, 0.2) is 43.5 Å². The van der Waals surface area contributed by atoms with Crippen LogP contribution in [0.4, 0.5) is 5.69 Å². The van der Waals surface area contributed by atoms with Gasteiger partial charge in [0.05, 0.1) is 17.4 Å². The topological polar surface area (TPSA) is 90.4 Å². The molecule has 3 aliphatic rings. The predicted molar refractivity (Wildman–Crippen MR) is 151 cm³/mol. The van der Waals surface area contributed by atoms with Crippen LogP contribution >= 0.6 is 0 Å². The Kier molecular flexibility index (Phi) is 8.38. The molecule has 8 heteroatoms. The minimum absolute atomic E-state index is 0.00309.